The van der Waals surface area contributed by atoms with Gasteiger partial charge in [-0.3, -0.25) is 0 Å². The van der Waals surface area contributed by atoms with Crippen LogP contribution in [0.2, 0.25) is 0 Å². The number of halogens is 2. The summed E-state index contributed by atoms with van der Waals surface area (Å²) in [5.74, 6) is 0. The molecule has 0 atom stereocenters. The second-order valence-electron chi connectivity index (χ2n) is 0.126. The number of hydrogen-bond donors (Lipinski definition) is 0. The van der Waals surface area contributed by atoms with Gasteiger partial charge in [-0.25, -0.2) is 0 Å². The molecule has 0 aromatic carbocycles. The molecule has 6 heavy (non-hydrogen) atoms. The van der Waals surface area contributed by atoms with Crippen LogP contribution in [0, 0.1) is 0 Å². The topological polar surface area (TPSA) is 18.5 Å². The summed E-state index contributed by atoms with van der Waals surface area (Å²) in [7, 11) is 0. The van der Waals surface area contributed by atoms with E-state index in [4.69, 9.17) is 0 Å². The Bertz CT molecular complexity index is 11.5. The van der Waals surface area contributed by atoms with E-state index < -0.39 is 0 Å². The maximum atomic E-state index is 4.33. The maximum absolute atomic E-state index is 4.33. The Hall–Kier alpha value is 2.50. The van der Waals surface area contributed by atoms with Gasteiger partial charge in [0.1, 0.15) is 23.7 Å². The minimum absolute atomic E-state index is 0. The predicted octanol–water partition coefficient (Wildman–Crippen LogP) is -0.0548. The summed E-state index contributed by atoms with van der Waals surface area (Å²) in [5, 5.41) is 0. The van der Waals surface area contributed by atoms with Gasteiger partial charge in [0.05, 0.1) is 0 Å². The van der Waals surface area contributed by atoms with Gasteiger partial charge in [-0.1, -0.05) is 0 Å². The van der Waals surface area contributed by atoms with Gasteiger partial charge in [-0.2, -0.15) is 0 Å². The van der Waals surface area contributed by atoms with E-state index in [0.717, 1.165) is 0 Å². The molecule has 0 unspecified atom stereocenters. The van der Waals surface area contributed by atoms with Gasteiger partial charge in [-0.05, 0) is 0 Å². The molecular formula is H2Cl2Na2O2. The first kappa shape index (κ1) is 15.8. The summed E-state index contributed by atoms with van der Waals surface area (Å²) in [6.07, 6.45) is 0. The second-order valence-corrected chi connectivity index (χ2v) is 0.378. The van der Waals surface area contributed by atoms with E-state index in [0.29, 0.717) is 0 Å². The van der Waals surface area contributed by atoms with Crippen LogP contribution in [-0.2, 0) is 8.88 Å². The molecule has 0 saturated carbocycles. The van der Waals surface area contributed by atoms with E-state index in [1.54, 1.807) is 0 Å². The Morgan fingerprint density at radius 2 is 1.00 bits per heavy atom. The van der Waals surface area contributed by atoms with Crippen LogP contribution >= 0.6 is 23.7 Å². The third kappa shape index (κ3) is 16.1. The monoisotopic (exact) mass is 150 g/mol. The molecule has 0 rings (SSSR count). The van der Waals surface area contributed by atoms with Crippen LogP contribution in [0.4, 0.5) is 0 Å². The van der Waals surface area contributed by atoms with E-state index in [-0.39, 0.29) is 59.1 Å². The van der Waals surface area contributed by atoms with Gasteiger partial charge >= 0.3 is 59.1 Å². The van der Waals surface area contributed by atoms with Crippen LogP contribution in [0.5, 0.6) is 0 Å². The van der Waals surface area contributed by atoms with Crippen molar-refractivity contribution < 1.29 is 8.88 Å². The third-order valence-corrected chi connectivity index (χ3v) is 0.214. The molecule has 0 amide bonds. The third-order valence-electron chi connectivity index (χ3n) is 0.0238. The van der Waals surface area contributed by atoms with Crippen molar-refractivity contribution in [2.45, 2.75) is 0 Å². The molecular weight excluding hydrogens is 149 g/mol. The molecule has 0 N–H and O–H groups in total. The molecule has 0 saturated heterocycles. The Morgan fingerprint density at radius 1 is 0.833 bits per heavy atom. The molecule has 0 bridgehead atoms. The van der Waals surface area contributed by atoms with Gasteiger partial charge in [0, 0.05) is 0 Å². The molecule has 0 fully saturated rings. The van der Waals surface area contributed by atoms with Crippen molar-refractivity contribution in [3.05, 3.63) is 0 Å². The Kier molecular flexibility index (Phi) is 41.2. The summed E-state index contributed by atoms with van der Waals surface area (Å²) >= 11 is 8.66. The fourth-order valence-electron chi connectivity index (χ4n) is 0. The van der Waals surface area contributed by atoms with Gasteiger partial charge in [0.25, 0.3) is 0 Å². The number of hydrogen-bond acceptors (Lipinski definition) is 2. The minimum atomic E-state index is 0. The van der Waals surface area contributed by atoms with Crippen LogP contribution in [0.15, 0.2) is 0 Å². The van der Waals surface area contributed by atoms with Crippen molar-refractivity contribution >= 4 is 82.8 Å². The average molecular weight is 151 g/mol. The second kappa shape index (κ2) is 15.6. The van der Waals surface area contributed by atoms with E-state index in [2.05, 4.69) is 32.6 Å². The van der Waals surface area contributed by atoms with Crippen LogP contribution < -0.4 is 0 Å². The summed E-state index contributed by atoms with van der Waals surface area (Å²) in [5.41, 5.74) is 0. The van der Waals surface area contributed by atoms with Gasteiger partial charge in [-0.15, -0.1) is 8.88 Å². The quantitative estimate of drug-likeness (QED) is 0.297. The molecule has 0 aliphatic rings. The van der Waals surface area contributed by atoms with Crippen LogP contribution in [0.25, 0.3) is 0 Å². The van der Waals surface area contributed by atoms with E-state index in [1.807, 2.05) is 0 Å². The molecule has 0 aromatic heterocycles. The molecule has 0 spiro atoms. The van der Waals surface area contributed by atoms with E-state index >= 15 is 0 Å². The van der Waals surface area contributed by atoms with Gasteiger partial charge in [0.15, 0.2) is 0 Å². The van der Waals surface area contributed by atoms with Crippen LogP contribution in [0.1, 0.15) is 0 Å². The fraction of sp³-hybridized carbons (Fsp3) is 0. The normalized spacial score (nSPS) is 5.00. The van der Waals surface area contributed by atoms with Crippen molar-refractivity contribution in [1.29, 1.82) is 0 Å². The molecule has 30 valence electrons. The Morgan fingerprint density at radius 3 is 1.00 bits per heavy atom. The standard InChI is InChI=1S/Cl2O2.2Na.2H/c1-3-4-2;;;;. The molecule has 0 radical (unpaired) electrons. The number of rotatable bonds is 1. The average Bonchev–Trinajstić information content (AvgIpc) is 1.37. The summed E-state index contributed by atoms with van der Waals surface area (Å²) in [4.78, 5) is 0. The van der Waals surface area contributed by atoms with Gasteiger partial charge in [0.2, 0.25) is 0 Å². The zero-order valence-corrected chi connectivity index (χ0v) is 3.08. The van der Waals surface area contributed by atoms with Crippen molar-refractivity contribution in [2.75, 3.05) is 0 Å². The fourth-order valence-corrected chi connectivity index (χ4v) is 0. The summed E-state index contributed by atoms with van der Waals surface area (Å²) in [6, 6.07) is 0. The van der Waals surface area contributed by atoms with Crippen molar-refractivity contribution in [1.82, 2.24) is 0 Å². The molecule has 0 aliphatic carbocycles. The molecule has 2 nitrogen and oxygen atoms in total. The first-order chi connectivity index (χ1) is 1.91. The van der Waals surface area contributed by atoms with Crippen molar-refractivity contribution in [3.63, 3.8) is 0 Å². The van der Waals surface area contributed by atoms with Crippen LogP contribution in [0.3, 0.4) is 0 Å². The van der Waals surface area contributed by atoms with Crippen molar-refractivity contribution in [3.8, 4) is 0 Å². The zero-order valence-electron chi connectivity index (χ0n) is 1.57. The molecule has 0 aromatic rings. The first-order valence-electron chi connectivity index (χ1n) is 0.475. The Labute approximate surface area is 90.3 Å². The molecule has 0 heterocycles. The van der Waals surface area contributed by atoms with Crippen LogP contribution in [-0.4, -0.2) is 59.1 Å². The van der Waals surface area contributed by atoms with Crippen molar-refractivity contribution in [2.24, 2.45) is 0 Å². The first-order valence-corrected chi connectivity index (χ1v) is 1.09. The molecule has 0 aliphatic heterocycles. The van der Waals surface area contributed by atoms with E-state index in [9.17, 15) is 0 Å². The summed E-state index contributed by atoms with van der Waals surface area (Å²) < 4.78 is 6.56. The Balaban J connectivity index is -0.0000000450. The summed E-state index contributed by atoms with van der Waals surface area (Å²) in [6.45, 7) is 0. The SMILES string of the molecule is ClOOCl.[NaH].[NaH]. The van der Waals surface area contributed by atoms with Gasteiger partial charge < -0.3 is 0 Å². The van der Waals surface area contributed by atoms with E-state index in [1.165, 1.54) is 0 Å². The molecule has 6 heteroatoms. The zero-order chi connectivity index (χ0) is 3.41. The predicted molar refractivity (Wildman–Crippen MR) is 28.2 cm³/mol.